The molecular weight excluding hydrogens is 456 g/mol. The maximum absolute atomic E-state index is 11.6. The van der Waals surface area contributed by atoms with E-state index in [1.54, 1.807) is 19.9 Å². The summed E-state index contributed by atoms with van der Waals surface area (Å²) in [4.78, 5) is 11.6. The fourth-order valence-corrected chi connectivity index (χ4v) is 4.58. The van der Waals surface area contributed by atoms with Crippen LogP contribution in [-0.2, 0) is 29.3 Å². The number of methoxy groups -OCH3 is 1. The van der Waals surface area contributed by atoms with Gasteiger partial charge in [-0.2, -0.15) is 0 Å². The molecule has 1 saturated heterocycles. The van der Waals surface area contributed by atoms with Gasteiger partial charge in [0.2, 0.25) is 0 Å². The van der Waals surface area contributed by atoms with Crippen molar-refractivity contribution >= 4 is 5.97 Å². The van der Waals surface area contributed by atoms with Crippen LogP contribution in [-0.4, -0.2) is 48.9 Å². The minimum absolute atomic E-state index is 0.0502. The molecule has 0 aliphatic carbocycles. The highest BCUT2D eigenvalue weighted by Crippen LogP contribution is 2.41. The van der Waals surface area contributed by atoms with Crippen LogP contribution in [0, 0.1) is 0 Å². The molecule has 4 rings (SSSR count). The molecule has 36 heavy (non-hydrogen) atoms. The Morgan fingerprint density at radius 3 is 1.83 bits per heavy atom. The lowest BCUT2D eigenvalue weighted by Gasteiger charge is -2.37. The smallest absolute Gasteiger partial charge is 0.330 e. The number of ether oxygens (including phenoxy) is 4. The Morgan fingerprint density at radius 2 is 1.39 bits per heavy atom. The van der Waals surface area contributed by atoms with Crippen molar-refractivity contribution in [3.63, 3.8) is 0 Å². The molecule has 0 bridgehead atoms. The van der Waals surface area contributed by atoms with E-state index in [4.69, 9.17) is 14.2 Å². The minimum atomic E-state index is -1.05. The van der Waals surface area contributed by atoms with Crippen LogP contribution < -0.4 is 0 Å². The van der Waals surface area contributed by atoms with Crippen LogP contribution in [0.25, 0.3) is 0 Å². The molecule has 0 amide bonds. The lowest BCUT2D eigenvalue weighted by molar-refractivity contribution is -0.161. The first-order valence-corrected chi connectivity index (χ1v) is 12.0. The fourth-order valence-electron chi connectivity index (χ4n) is 4.58. The molecule has 3 aromatic rings. The predicted molar refractivity (Wildman–Crippen MR) is 136 cm³/mol. The number of benzene rings is 3. The Hall–Kier alpha value is -3.29. The summed E-state index contributed by atoms with van der Waals surface area (Å²) in [5.41, 5.74) is 1.82. The largest absolute Gasteiger partial charge is 0.466 e. The van der Waals surface area contributed by atoms with Crippen molar-refractivity contribution < 1.29 is 28.8 Å². The summed E-state index contributed by atoms with van der Waals surface area (Å²) in [5, 5.41) is 11.3. The van der Waals surface area contributed by atoms with Gasteiger partial charge in [0.05, 0.1) is 13.7 Å². The van der Waals surface area contributed by atoms with Crippen molar-refractivity contribution in [3.8, 4) is 0 Å². The molecule has 6 heteroatoms. The van der Waals surface area contributed by atoms with Crippen LogP contribution in [0.15, 0.2) is 103 Å². The number of esters is 1. The SMILES string of the molecule is COC(=O)/C=C\[C@@H]1OC(C)(C)O[C@@H]1[C@H](O)COC(c1ccccc1)(c1ccccc1)c1ccccc1. The molecule has 1 fully saturated rings. The van der Waals surface area contributed by atoms with Gasteiger partial charge in [-0.05, 0) is 36.6 Å². The highest BCUT2D eigenvalue weighted by molar-refractivity contribution is 5.81. The zero-order valence-corrected chi connectivity index (χ0v) is 20.7. The van der Waals surface area contributed by atoms with Gasteiger partial charge in [-0.1, -0.05) is 91.0 Å². The Labute approximate surface area is 212 Å². The lowest BCUT2D eigenvalue weighted by Crippen LogP contribution is -2.42. The number of aliphatic hydroxyl groups is 1. The molecule has 1 N–H and O–H groups in total. The number of carbonyl (C=O) groups excluding carboxylic acids is 1. The van der Waals surface area contributed by atoms with Crippen molar-refractivity contribution in [1.82, 2.24) is 0 Å². The van der Waals surface area contributed by atoms with E-state index in [1.807, 2.05) is 91.0 Å². The predicted octanol–water partition coefficient (Wildman–Crippen LogP) is 4.61. The van der Waals surface area contributed by atoms with Crippen LogP contribution in [0.2, 0.25) is 0 Å². The Kier molecular flexibility index (Phi) is 8.01. The van der Waals surface area contributed by atoms with Gasteiger partial charge in [0, 0.05) is 6.08 Å². The molecule has 1 heterocycles. The molecule has 6 nitrogen and oxygen atoms in total. The number of rotatable bonds is 9. The third-order valence-electron chi connectivity index (χ3n) is 6.18. The van der Waals surface area contributed by atoms with E-state index < -0.39 is 35.7 Å². The standard InChI is InChI=1S/C30H32O6/c1-29(2)35-26(19-20-27(32)33-3)28(36-29)25(31)21-34-30(22-13-7-4-8-14-22,23-15-9-5-10-16-23)24-17-11-6-12-18-24/h4-20,25-26,28,31H,21H2,1-3H3/b20-19-/t25-,26+,28-/m1/s1. The Balaban J connectivity index is 1.69. The van der Waals surface area contributed by atoms with Gasteiger partial charge >= 0.3 is 5.97 Å². The molecule has 1 aliphatic rings. The van der Waals surface area contributed by atoms with Crippen LogP contribution in [0.4, 0.5) is 0 Å². The van der Waals surface area contributed by atoms with E-state index in [0.29, 0.717) is 0 Å². The summed E-state index contributed by atoms with van der Waals surface area (Å²) in [5.74, 6) is -1.45. The van der Waals surface area contributed by atoms with Gasteiger partial charge in [-0.15, -0.1) is 0 Å². The highest BCUT2D eigenvalue weighted by Gasteiger charge is 2.45. The molecule has 3 atom stereocenters. The summed E-state index contributed by atoms with van der Waals surface area (Å²) in [6.07, 6.45) is 0.374. The molecule has 0 unspecified atom stereocenters. The van der Waals surface area contributed by atoms with Crippen molar-refractivity contribution in [3.05, 3.63) is 120 Å². The topological polar surface area (TPSA) is 74.2 Å². The number of hydrogen-bond donors (Lipinski definition) is 1. The second-order valence-electron chi connectivity index (χ2n) is 9.10. The van der Waals surface area contributed by atoms with E-state index >= 15 is 0 Å². The molecule has 3 aromatic carbocycles. The Bertz CT molecular complexity index is 1050. The summed E-state index contributed by atoms with van der Waals surface area (Å²) in [6, 6.07) is 29.8. The van der Waals surface area contributed by atoms with Gasteiger partial charge in [-0.3, -0.25) is 0 Å². The Morgan fingerprint density at radius 1 is 0.917 bits per heavy atom. The van der Waals surface area contributed by atoms with Gasteiger partial charge in [0.25, 0.3) is 0 Å². The van der Waals surface area contributed by atoms with Crippen molar-refractivity contribution in [2.45, 2.75) is 43.5 Å². The van der Waals surface area contributed by atoms with Crippen LogP contribution in [0.1, 0.15) is 30.5 Å². The van der Waals surface area contributed by atoms with E-state index in [2.05, 4.69) is 4.74 Å². The molecule has 1 aliphatic heterocycles. The first kappa shape index (κ1) is 25.8. The number of aliphatic hydroxyl groups excluding tert-OH is 1. The minimum Gasteiger partial charge on any atom is -0.466 e. The average molecular weight is 489 g/mol. The molecular formula is C30H32O6. The van der Waals surface area contributed by atoms with Crippen LogP contribution in [0.3, 0.4) is 0 Å². The number of carbonyl (C=O) groups is 1. The van der Waals surface area contributed by atoms with E-state index in [9.17, 15) is 9.90 Å². The summed E-state index contributed by atoms with van der Waals surface area (Å²) in [7, 11) is 1.30. The van der Waals surface area contributed by atoms with Gasteiger partial charge in [0.1, 0.15) is 23.9 Å². The maximum Gasteiger partial charge on any atom is 0.330 e. The van der Waals surface area contributed by atoms with Crippen molar-refractivity contribution in [2.24, 2.45) is 0 Å². The van der Waals surface area contributed by atoms with E-state index in [0.717, 1.165) is 16.7 Å². The zero-order valence-electron chi connectivity index (χ0n) is 20.7. The first-order chi connectivity index (χ1) is 17.4. The molecule has 0 aromatic heterocycles. The average Bonchev–Trinajstić information content (AvgIpc) is 3.23. The monoisotopic (exact) mass is 488 g/mol. The van der Waals surface area contributed by atoms with Crippen LogP contribution >= 0.6 is 0 Å². The lowest BCUT2D eigenvalue weighted by atomic mass is 9.80. The van der Waals surface area contributed by atoms with E-state index in [1.165, 1.54) is 13.2 Å². The van der Waals surface area contributed by atoms with Crippen molar-refractivity contribution in [1.29, 1.82) is 0 Å². The third kappa shape index (κ3) is 5.58. The second-order valence-corrected chi connectivity index (χ2v) is 9.10. The second kappa shape index (κ2) is 11.2. The highest BCUT2D eigenvalue weighted by atomic mass is 16.8. The molecule has 0 radical (unpaired) electrons. The first-order valence-electron chi connectivity index (χ1n) is 12.0. The van der Waals surface area contributed by atoms with Crippen LogP contribution in [0.5, 0.6) is 0 Å². The number of hydrogen-bond acceptors (Lipinski definition) is 6. The van der Waals surface area contributed by atoms with E-state index in [-0.39, 0.29) is 6.61 Å². The molecule has 0 saturated carbocycles. The normalized spacial score (nSPS) is 20.3. The van der Waals surface area contributed by atoms with Gasteiger partial charge in [-0.25, -0.2) is 4.79 Å². The third-order valence-corrected chi connectivity index (χ3v) is 6.18. The fraction of sp³-hybridized carbons (Fsp3) is 0.300. The van der Waals surface area contributed by atoms with Gasteiger partial charge in [0.15, 0.2) is 5.79 Å². The molecule has 0 spiro atoms. The maximum atomic E-state index is 11.6. The zero-order chi connectivity index (χ0) is 25.6. The summed E-state index contributed by atoms with van der Waals surface area (Å²) in [6.45, 7) is 3.48. The summed E-state index contributed by atoms with van der Waals surface area (Å²) < 4.78 is 23.4. The van der Waals surface area contributed by atoms with Gasteiger partial charge < -0.3 is 24.1 Å². The summed E-state index contributed by atoms with van der Waals surface area (Å²) >= 11 is 0. The molecule has 188 valence electrons. The van der Waals surface area contributed by atoms with Crippen molar-refractivity contribution in [2.75, 3.05) is 13.7 Å². The quantitative estimate of drug-likeness (QED) is 0.270.